The lowest BCUT2D eigenvalue weighted by atomic mass is 10.0. The zero-order chi connectivity index (χ0) is 15.0. The Morgan fingerprint density at radius 1 is 1.30 bits per heavy atom. The van der Waals surface area contributed by atoms with E-state index in [4.69, 9.17) is 16.3 Å². The average molecular weight is 300 g/mol. The van der Waals surface area contributed by atoms with Crippen molar-refractivity contribution in [2.24, 2.45) is 5.92 Å². The SMILES string of the molecule is CCC(C)CC(C)NCC(O)COc1ccccc1Cl. The predicted molar refractivity (Wildman–Crippen MR) is 84.5 cm³/mol. The molecule has 0 aliphatic heterocycles. The molecule has 1 aromatic rings. The molecule has 0 bridgehead atoms. The number of rotatable bonds is 9. The molecule has 3 nitrogen and oxygen atoms in total. The third-order valence-electron chi connectivity index (χ3n) is 3.42. The molecule has 2 N–H and O–H groups in total. The lowest BCUT2D eigenvalue weighted by molar-refractivity contribution is 0.103. The second-order valence-electron chi connectivity index (χ2n) is 5.45. The summed E-state index contributed by atoms with van der Waals surface area (Å²) in [5.74, 6) is 1.31. The van der Waals surface area contributed by atoms with Crippen molar-refractivity contribution < 1.29 is 9.84 Å². The van der Waals surface area contributed by atoms with Crippen molar-refractivity contribution in [3.05, 3.63) is 29.3 Å². The summed E-state index contributed by atoms with van der Waals surface area (Å²) in [7, 11) is 0. The van der Waals surface area contributed by atoms with Gasteiger partial charge in [-0.25, -0.2) is 0 Å². The lowest BCUT2D eigenvalue weighted by Crippen LogP contribution is -2.37. The quantitative estimate of drug-likeness (QED) is 0.733. The fourth-order valence-electron chi connectivity index (χ4n) is 2.00. The van der Waals surface area contributed by atoms with Gasteiger partial charge >= 0.3 is 0 Å². The van der Waals surface area contributed by atoms with E-state index in [0.717, 1.165) is 6.42 Å². The summed E-state index contributed by atoms with van der Waals surface area (Å²) in [6, 6.07) is 7.69. The van der Waals surface area contributed by atoms with Crippen molar-refractivity contribution in [1.29, 1.82) is 0 Å². The van der Waals surface area contributed by atoms with Gasteiger partial charge in [-0.05, 0) is 31.4 Å². The summed E-state index contributed by atoms with van der Waals surface area (Å²) in [6.07, 6.45) is 1.77. The molecule has 4 heteroatoms. The Hall–Kier alpha value is -0.770. The van der Waals surface area contributed by atoms with E-state index in [0.29, 0.717) is 29.3 Å². The second-order valence-corrected chi connectivity index (χ2v) is 5.86. The van der Waals surface area contributed by atoms with Crippen molar-refractivity contribution in [1.82, 2.24) is 5.32 Å². The van der Waals surface area contributed by atoms with Gasteiger partial charge < -0.3 is 15.2 Å². The van der Waals surface area contributed by atoms with Crippen LogP contribution in [0.1, 0.15) is 33.6 Å². The van der Waals surface area contributed by atoms with Crippen molar-refractivity contribution in [3.63, 3.8) is 0 Å². The summed E-state index contributed by atoms with van der Waals surface area (Å²) in [5, 5.41) is 13.8. The van der Waals surface area contributed by atoms with Crippen LogP contribution in [0.3, 0.4) is 0 Å². The molecule has 0 heterocycles. The fourth-order valence-corrected chi connectivity index (χ4v) is 2.19. The minimum absolute atomic E-state index is 0.243. The standard InChI is InChI=1S/C16H26ClNO2/c1-4-12(2)9-13(3)18-10-14(19)11-20-16-8-6-5-7-15(16)17/h5-8,12-14,18-19H,4,9-11H2,1-3H3. The van der Waals surface area contributed by atoms with Gasteiger partial charge in [-0.1, -0.05) is 44.0 Å². The van der Waals surface area contributed by atoms with Crippen LogP contribution in [0.4, 0.5) is 0 Å². The summed E-state index contributed by atoms with van der Waals surface area (Å²) in [5.41, 5.74) is 0. The van der Waals surface area contributed by atoms with Gasteiger partial charge in [0.2, 0.25) is 0 Å². The molecule has 1 aromatic carbocycles. The van der Waals surface area contributed by atoms with Crippen LogP contribution in [0.15, 0.2) is 24.3 Å². The lowest BCUT2D eigenvalue weighted by Gasteiger charge is -2.20. The molecule has 3 unspecified atom stereocenters. The molecule has 0 amide bonds. The number of para-hydroxylation sites is 1. The van der Waals surface area contributed by atoms with Crippen LogP contribution in [0, 0.1) is 5.92 Å². The van der Waals surface area contributed by atoms with E-state index in [1.165, 1.54) is 6.42 Å². The Kier molecular flexibility index (Phi) is 7.97. The Morgan fingerprint density at radius 2 is 2.00 bits per heavy atom. The highest BCUT2D eigenvalue weighted by atomic mass is 35.5. The third-order valence-corrected chi connectivity index (χ3v) is 3.73. The predicted octanol–water partition coefficient (Wildman–Crippen LogP) is 3.49. The van der Waals surface area contributed by atoms with Crippen molar-refractivity contribution >= 4 is 11.6 Å². The number of halogens is 1. The topological polar surface area (TPSA) is 41.5 Å². The highest BCUT2D eigenvalue weighted by Crippen LogP contribution is 2.23. The number of hydrogen-bond acceptors (Lipinski definition) is 3. The Morgan fingerprint density at radius 3 is 2.65 bits per heavy atom. The van der Waals surface area contributed by atoms with Crippen LogP contribution in [-0.4, -0.2) is 30.4 Å². The number of hydrogen-bond donors (Lipinski definition) is 2. The van der Waals surface area contributed by atoms with Gasteiger partial charge in [0.15, 0.2) is 0 Å². The number of aliphatic hydroxyl groups is 1. The van der Waals surface area contributed by atoms with Crippen LogP contribution < -0.4 is 10.1 Å². The minimum atomic E-state index is -0.536. The first kappa shape index (κ1) is 17.3. The Balaban J connectivity index is 2.23. The van der Waals surface area contributed by atoms with Gasteiger partial charge in [0.05, 0.1) is 5.02 Å². The van der Waals surface area contributed by atoms with Gasteiger partial charge in [-0.15, -0.1) is 0 Å². The number of ether oxygens (including phenoxy) is 1. The van der Waals surface area contributed by atoms with E-state index in [9.17, 15) is 5.11 Å². The molecule has 3 atom stereocenters. The maximum atomic E-state index is 9.91. The van der Waals surface area contributed by atoms with Gasteiger partial charge in [0.25, 0.3) is 0 Å². The van der Waals surface area contributed by atoms with Gasteiger partial charge in [-0.2, -0.15) is 0 Å². The highest BCUT2D eigenvalue weighted by molar-refractivity contribution is 6.32. The zero-order valence-electron chi connectivity index (χ0n) is 12.6. The monoisotopic (exact) mass is 299 g/mol. The second kappa shape index (κ2) is 9.22. The average Bonchev–Trinajstić information content (AvgIpc) is 2.44. The molecule has 0 spiro atoms. The summed E-state index contributed by atoms with van der Waals surface area (Å²) < 4.78 is 5.51. The smallest absolute Gasteiger partial charge is 0.138 e. The molecular formula is C16H26ClNO2. The molecule has 0 saturated heterocycles. The van der Waals surface area contributed by atoms with E-state index < -0.39 is 6.10 Å². The maximum absolute atomic E-state index is 9.91. The molecule has 0 fully saturated rings. The zero-order valence-corrected chi connectivity index (χ0v) is 13.4. The molecular weight excluding hydrogens is 274 g/mol. The number of aliphatic hydroxyl groups excluding tert-OH is 1. The summed E-state index contributed by atoms with van der Waals surface area (Å²) >= 11 is 5.99. The van der Waals surface area contributed by atoms with Gasteiger partial charge in [-0.3, -0.25) is 0 Å². The first-order valence-corrected chi connectivity index (χ1v) is 7.69. The first-order valence-electron chi connectivity index (χ1n) is 7.31. The van der Waals surface area contributed by atoms with Crippen LogP contribution in [-0.2, 0) is 0 Å². The molecule has 0 aromatic heterocycles. The Bertz CT molecular complexity index is 386. The summed E-state index contributed by atoms with van der Waals surface area (Å²) in [6.45, 7) is 7.36. The molecule has 0 saturated carbocycles. The number of benzene rings is 1. The molecule has 0 aliphatic carbocycles. The molecule has 0 aliphatic rings. The fraction of sp³-hybridized carbons (Fsp3) is 0.625. The first-order chi connectivity index (χ1) is 9.52. The summed E-state index contributed by atoms with van der Waals surface area (Å²) in [4.78, 5) is 0. The Labute approximate surface area is 127 Å². The van der Waals surface area contributed by atoms with E-state index in [1.54, 1.807) is 12.1 Å². The third kappa shape index (κ3) is 6.60. The van der Waals surface area contributed by atoms with Crippen molar-refractivity contribution in [2.45, 2.75) is 45.8 Å². The van der Waals surface area contributed by atoms with Crippen LogP contribution in [0.25, 0.3) is 0 Å². The molecule has 1 rings (SSSR count). The van der Waals surface area contributed by atoms with E-state index in [-0.39, 0.29) is 6.61 Å². The van der Waals surface area contributed by atoms with E-state index >= 15 is 0 Å². The van der Waals surface area contributed by atoms with E-state index in [2.05, 4.69) is 26.1 Å². The minimum Gasteiger partial charge on any atom is -0.489 e. The van der Waals surface area contributed by atoms with Gasteiger partial charge in [0.1, 0.15) is 18.5 Å². The maximum Gasteiger partial charge on any atom is 0.138 e. The highest BCUT2D eigenvalue weighted by Gasteiger charge is 2.11. The molecule has 0 radical (unpaired) electrons. The van der Waals surface area contributed by atoms with Crippen LogP contribution in [0.2, 0.25) is 5.02 Å². The van der Waals surface area contributed by atoms with Crippen molar-refractivity contribution in [2.75, 3.05) is 13.2 Å². The van der Waals surface area contributed by atoms with E-state index in [1.807, 2.05) is 12.1 Å². The largest absolute Gasteiger partial charge is 0.489 e. The molecule has 20 heavy (non-hydrogen) atoms. The van der Waals surface area contributed by atoms with Crippen LogP contribution >= 0.6 is 11.6 Å². The normalized spacial score (nSPS) is 15.7. The van der Waals surface area contributed by atoms with Crippen molar-refractivity contribution in [3.8, 4) is 5.75 Å². The van der Waals surface area contributed by atoms with Crippen LogP contribution in [0.5, 0.6) is 5.75 Å². The van der Waals surface area contributed by atoms with Gasteiger partial charge in [0, 0.05) is 12.6 Å². The number of nitrogens with one attached hydrogen (secondary N) is 1. The molecule has 114 valence electrons.